The number of benzene rings is 1. The van der Waals surface area contributed by atoms with E-state index in [0.717, 1.165) is 6.07 Å². The molecule has 0 amide bonds. The number of carbonyl (C=O) groups excluding carboxylic acids is 1. The van der Waals surface area contributed by atoms with Gasteiger partial charge < -0.3 is 0 Å². The van der Waals surface area contributed by atoms with Crippen LogP contribution in [0, 0.1) is 9.39 Å². The lowest BCUT2D eigenvalue weighted by Crippen LogP contribution is -2.24. The van der Waals surface area contributed by atoms with Crippen LogP contribution < -0.4 is 0 Å². The monoisotopic (exact) mass is 352 g/mol. The number of ketones is 1. The Balaban J connectivity index is 3.38. The molecule has 7 heteroatoms. The molecule has 0 aromatic heterocycles. The van der Waals surface area contributed by atoms with Crippen LogP contribution in [0.2, 0.25) is 5.02 Å². The van der Waals surface area contributed by atoms with Gasteiger partial charge in [-0.1, -0.05) is 11.6 Å². The average Bonchev–Trinajstić information content (AvgIpc) is 2.10. The molecule has 1 nitrogen and oxygen atoms in total. The van der Waals surface area contributed by atoms with Gasteiger partial charge in [-0.3, -0.25) is 4.79 Å². The molecule has 0 N–H and O–H groups in total. The third-order valence-electron chi connectivity index (χ3n) is 1.53. The summed E-state index contributed by atoms with van der Waals surface area (Å²) < 4.78 is 49.3. The summed E-state index contributed by atoms with van der Waals surface area (Å²) in [5.41, 5.74) is -1.13. The summed E-state index contributed by atoms with van der Waals surface area (Å²) in [6.45, 7) is 0. The lowest BCUT2D eigenvalue weighted by Gasteiger charge is -2.08. The highest BCUT2D eigenvalue weighted by Crippen LogP contribution is 2.31. The van der Waals surface area contributed by atoms with Crippen molar-refractivity contribution in [2.24, 2.45) is 0 Å². The molecule has 1 rings (SSSR count). The van der Waals surface area contributed by atoms with Crippen molar-refractivity contribution in [1.29, 1.82) is 0 Å². The largest absolute Gasteiger partial charge is 0.455 e. The Morgan fingerprint density at radius 3 is 2.33 bits per heavy atom. The van der Waals surface area contributed by atoms with Gasteiger partial charge in [-0.2, -0.15) is 13.2 Å². The molecule has 0 aliphatic heterocycles. The lowest BCUT2D eigenvalue weighted by molar-refractivity contribution is -0.0887. The third-order valence-corrected chi connectivity index (χ3v) is 3.14. The standard InChI is InChI=1S/C8H2ClF4IO/c9-6-4(14)2-1-3(10)5(6)7(15)8(11,12)13/h1-2H. The predicted octanol–water partition coefficient (Wildman–Crippen LogP) is 3.83. The van der Waals surface area contributed by atoms with E-state index in [1.807, 2.05) is 0 Å². The quantitative estimate of drug-likeness (QED) is 0.325. The van der Waals surface area contributed by atoms with Gasteiger partial charge in [0.1, 0.15) is 5.82 Å². The molecule has 0 aliphatic carbocycles. The molecule has 0 unspecified atom stereocenters. The van der Waals surface area contributed by atoms with Crippen LogP contribution in [0.5, 0.6) is 0 Å². The zero-order chi connectivity index (χ0) is 11.8. The Bertz CT molecular complexity index is 416. The van der Waals surface area contributed by atoms with E-state index in [-0.39, 0.29) is 3.57 Å². The number of carbonyl (C=O) groups is 1. The molecule has 0 bridgehead atoms. The van der Waals surface area contributed by atoms with Gasteiger partial charge in [0, 0.05) is 3.57 Å². The Kier molecular flexibility index (Phi) is 3.59. The normalized spacial score (nSPS) is 11.6. The summed E-state index contributed by atoms with van der Waals surface area (Å²) in [7, 11) is 0. The van der Waals surface area contributed by atoms with E-state index in [0.29, 0.717) is 0 Å². The van der Waals surface area contributed by atoms with E-state index in [2.05, 4.69) is 0 Å². The van der Waals surface area contributed by atoms with Crippen LogP contribution in [-0.2, 0) is 0 Å². The minimum atomic E-state index is -5.13. The fourth-order valence-electron chi connectivity index (χ4n) is 0.877. The topological polar surface area (TPSA) is 17.1 Å². The van der Waals surface area contributed by atoms with Gasteiger partial charge in [-0.25, -0.2) is 4.39 Å². The van der Waals surface area contributed by atoms with Gasteiger partial charge in [0.2, 0.25) is 0 Å². The number of hydrogen-bond acceptors (Lipinski definition) is 1. The van der Waals surface area contributed by atoms with Crippen molar-refractivity contribution in [3.8, 4) is 0 Å². The van der Waals surface area contributed by atoms with Gasteiger partial charge in [0.25, 0.3) is 5.78 Å². The highest BCUT2D eigenvalue weighted by molar-refractivity contribution is 14.1. The maximum absolute atomic E-state index is 13.0. The first-order chi connectivity index (χ1) is 6.75. The number of Topliss-reactive ketones (excluding diaryl/α,β-unsaturated/α-hetero) is 1. The van der Waals surface area contributed by atoms with Crippen LogP contribution in [-0.4, -0.2) is 12.0 Å². The van der Waals surface area contributed by atoms with Crippen molar-refractivity contribution < 1.29 is 22.4 Å². The van der Waals surface area contributed by atoms with Crippen LogP contribution in [0.15, 0.2) is 12.1 Å². The minimum Gasteiger partial charge on any atom is -0.284 e. The first kappa shape index (κ1) is 12.7. The summed E-state index contributed by atoms with van der Waals surface area (Å²) in [4.78, 5) is 10.8. The average molecular weight is 352 g/mol. The fourth-order valence-corrected chi connectivity index (χ4v) is 1.57. The molecule has 0 saturated carbocycles. The van der Waals surface area contributed by atoms with Crippen molar-refractivity contribution in [3.05, 3.63) is 32.1 Å². The van der Waals surface area contributed by atoms with Gasteiger partial charge in [-0.05, 0) is 34.7 Å². The molecule has 0 aliphatic rings. The Morgan fingerprint density at radius 2 is 1.87 bits per heavy atom. The van der Waals surface area contributed by atoms with Gasteiger partial charge in [0.05, 0.1) is 10.6 Å². The lowest BCUT2D eigenvalue weighted by atomic mass is 10.1. The van der Waals surface area contributed by atoms with Crippen LogP contribution in [0.25, 0.3) is 0 Å². The molecule has 0 spiro atoms. The molecule has 1 aromatic rings. The Hall–Kier alpha value is -0.370. The van der Waals surface area contributed by atoms with Gasteiger partial charge in [0.15, 0.2) is 0 Å². The third kappa shape index (κ3) is 2.60. The molecule has 0 fully saturated rings. The second-order valence-corrected chi connectivity index (χ2v) is 4.09. The van der Waals surface area contributed by atoms with Crippen LogP contribution in [0.3, 0.4) is 0 Å². The molecule has 0 atom stereocenters. The summed E-state index contributed by atoms with van der Waals surface area (Å²) >= 11 is 7.04. The molecule has 0 heterocycles. The first-order valence-electron chi connectivity index (χ1n) is 3.50. The molecule has 0 saturated heterocycles. The van der Waals surface area contributed by atoms with Gasteiger partial charge >= 0.3 is 6.18 Å². The first-order valence-corrected chi connectivity index (χ1v) is 4.96. The van der Waals surface area contributed by atoms with Crippen molar-refractivity contribution in [2.75, 3.05) is 0 Å². The maximum Gasteiger partial charge on any atom is 0.455 e. The van der Waals surface area contributed by atoms with Crippen molar-refractivity contribution in [3.63, 3.8) is 0 Å². The molecule has 82 valence electrons. The second kappa shape index (κ2) is 4.25. The summed E-state index contributed by atoms with van der Waals surface area (Å²) in [6.07, 6.45) is -5.13. The maximum atomic E-state index is 13.0. The van der Waals surface area contributed by atoms with Gasteiger partial charge in [-0.15, -0.1) is 0 Å². The summed E-state index contributed by atoms with van der Waals surface area (Å²) in [5.74, 6) is -3.55. The molecule has 0 radical (unpaired) electrons. The van der Waals surface area contributed by atoms with Crippen molar-refractivity contribution >= 4 is 40.0 Å². The van der Waals surface area contributed by atoms with Crippen LogP contribution in [0.4, 0.5) is 17.6 Å². The van der Waals surface area contributed by atoms with E-state index < -0.39 is 28.4 Å². The number of alkyl halides is 3. The Morgan fingerprint density at radius 1 is 1.33 bits per heavy atom. The van der Waals surface area contributed by atoms with E-state index >= 15 is 0 Å². The van der Waals surface area contributed by atoms with Crippen molar-refractivity contribution in [2.45, 2.75) is 6.18 Å². The minimum absolute atomic E-state index is 0.184. The number of hydrogen-bond donors (Lipinski definition) is 0. The smallest absolute Gasteiger partial charge is 0.284 e. The number of rotatable bonds is 1. The predicted molar refractivity (Wildman–Crippen MR) is 54.5 cm³/mol. The van der Waals surface area contributed by atoms with Crippen LogP contribution >= 0.6 is 34.2 Å². The van der Waals surface area contributed by atoms with Crippen LogP contribution in [0.1, 0.15) is 10.4 Å². The Labute approximate surface area is 101 Å². The molecular weight excluding hydrogens is 350 g/mol. The van der Waals surface area contributed by atoms with E-state index in [9.17, 15) is 22.4 Å². The van der Waals surface area contributed by atoms with E-state index in [1.54, 1.807) is 22.6 Å². The highest BCUT2D eigenvalue weighted by atomic mass is 127. The fraction of sp³-hybridized carbons (Fsp3) is 0.125. The summed E-state index contributed by atoms with van der Waals surface area (Å²) in [6, 6.07) is 1.96. The highest BCUT2D eigenvalue weighted by Gasteiger charge is 2.42. The van der Waals surface area contributed by atoms with E-state index in [4.69, 9.17) is 11.6 Å². The SMILES string of the molecule is O=C(c1c(F)ccc(I)c1Cl)C(F)(F)F. The molecule has 15 heavy (non-hydrogen) atoms. The van der Waals surface area contributed by atoms with E-state index in [1.165, 1.54) is 6.07 Å². The zero-order valence-corrected chi connectivity index (χ0v) is 9.74. The second-order valence-electron chi connectivity index (χ2n) is 2.55. The van der Waals surface area contributed by atoms with Crippen molar-refractivity contribution in [1.82, 2.24) is 0 Å². The zero-order valence-electron chi connectivity index (χ0n) is 6.83. The summed E-state index contributed by atoms with van der Waals surface area (Å²) in [5, 5.41) is -0.516. The molecule has 1 aromatic carbocycles. The molecular formula is C8H2ClF4IO. The number of halogens is 6.